The molecule has 2 aromatic heterocycles. The van der Waals surface area contributed by atoms with Crippen LogP contribution in [0.5, 0.6) is 0 Å². The summed E-state index contributed by atoms with van der Waals surface area (Å²) in [6, 6.07) is 0. The van der Waals surface area contributed by atoms with E-state index in [4.69, 9.17) is 4.42 Å². The second-order valence-electron chi connectivity index (χ2n) is 5.17. The number of aromatic nitrogens is 2. The van der Waals surface area contributed by atoms with Gasteiger partial charge in [-0.2, -0.15) is 12.6 Å². The Bertz CT molecular complexity index is 605. The standard InChI is InChI=1S/C12H16N2O2S/c1-7(17)14-6-13-10-9(11(14)15)8(5-16-10)12(2,3)4/h5-7,17H,1-4H3. The lowest BCUT2D eigenvalue weighted by Crippen LogP contribution is -2.23. The summed E-state index contributed by atoms with van der Waals surface area (Å²) < 4.78 is 6.84. The number of thiol groups is 1. The molecule has 0 radical (unpaired) electrons. The molecule has 0 N–H and O–H groups in total. The van der Waals surface area contributed by atoms with Gasteiger partial charge in [-0.05, 0) is 12.3 Å². The van der Waals surface area contributed by atoms with Gasteiger partial charge in [0.1, 0.15) is 11.7 Å². The Morgan fingerprint density at radius 2 is 2.12 bits per heavy atom. The van der Waals surface area contributed by atoms with Crippen LogP contribution in [-0.2, 0) is 5.41 Å². The molecule has 0 saturated heterocycles. The average molecular weight is 252 g/mol. The van der Waals surface area contributed by atoms with Crippen LogP contribution in [0.3, 0.4) is 0 Å². The van der Waals surface area contributed by atoms with Crippen molar-refractivity contribution in [1.29, 1.82) is 0 Å². The van der Waals surface area contributed by atoms with Crippen LogP contribution in [0.2, 0.25) is 0 Å². The summed E-state index contributed by atoms with van der Waals surface area (Å²) in [7, 11) is 0. The number of hydrogen-bond acceptors (Lipinski definition) is 4. The molecule has 0 aliphatic heterocycles. The molecule has 1 unspecified atom stereocenters. The zero-order valence-electron chi connectivity index (χ0n) is 10.4. The van der Waals surface area contributed by atoms with Crippen molar-refractivity contribution in [3.63, 3.8) is 0 Å². The minimum Gasteiger partial charge on any atom is -0.446 e. The minimum absolute atomic E-state index is 0.101. The molecule has 0 saturated carbocycles. The van der Waals surface area contributed by atoms with Crippen molar-refractivity contribution in [1.82, 2.24) is 9.55 Å². The molecule has 92 valence electrons. The van der Waals surface area contributed by atoms with E-state index >= 15 is 0 Å². The molecule has 2 heterocycles. The van der Waals surface area contributed by atoms with Crippen LogP contribution in [-0.4, -0.2) is 9.55 Å². The Morgan fingerprint density at radius 3 is 2.65 bits per heavy atom. The molecule has 17 heavy (non-hydrogen) atoms. The maximum atomic E-state index is 12.3. The molecular weight excluding hydrogens is 236 g/mol. The van der Waals surface area contributed by atoms with Crippen LogP contribution >= 0.6 is 12.6 Å². The Kier molecular flexibility index (Phi) is 2.81. The predicted octanol–water partition coefficient (Wildman–Crippen LogP) is 2.74. The molecule has 0 fully saturated rings. The smallest absolute Gasteiger partial charge is 0.265 e. The minimum atomic E-state index is -0.206. The zero-order chi connectivity index (χ0) is 12.8. The van der Waals surface area contributed by atoms with Crippen molar-refractivity contribution >= 4 is 23.7 Å². The lowest BCUT2D eigenvalue weighted by Gasteiger charge is -2.16. The largest absolute Gasteiger partial charge is 0.446 e. The van der Waals surface area contributed by atoms with Crippen molar-refractivity contribution in [2.45, 2.75) is 38.5 Å². The number of furan rings is 1. The fourth-order valence-corrected chi connectivity index (χ4v) is 1.93. The van der Waals surface area contributed by atoms with Gasteiger partial charge in [-0.15, -0.1) is 0 Å². The third kappa shape index (κ3) is 1.99. The normalized spacial score (nSPS) is 14.2. The maximum Gasteiger partial charge on any atom is 0.265 e. The van der Waals surface area contributed by atoms with Gasteiger partial charge in [-0.3, -0.25) is 9.36 Å². The Labute approximate surface area is 105 Å². The highest BCUT2D eigenvalue weighted by Gasteiger charge is 2.23. The SMILES string of the molecule is CC(S)n1cnc2occ(C(C)(C)C)c2c1=O. The maximum absolute atomic E-state index is 12.3. The molecule has 4 nitrogen and oxygen atoms in total. The third-order valence-corrected chi connectivity index (χ3v) is 2.98. The number of nitrogens with zero attached hydrogens (tertiary/aromatic N) is 2. The monoisotopic (exact) mass is 252 g/mol. The molecule has 0 aromatic carbocycles. The second-order valence-corrected chi connectivity index (χ2v) is 5.92. The molecule has 0 aliphatic rings. The van der Waals surface area contributed by atoms with Crippen LogP contribution in [0.4, 0.5) is 0 Å². The number of fused-ring (bicyclic) bond motifs is 1. The summed E-state index contributed by atoms with van der Waals surface area (Å²) in [6.45, 7) is 7.95. The highest BCUT2D eigenvalue weighted by Crippen LogP contribution is 2.28. The van der Waals surface area contributed by atoms with E-state index in [1.165, 1.54) is 10.9 Å². The molecule has 5 heteroatoms. The van der Waals surface area contributed by atoms with E-state index < -0.39 is 0 Å². The summed E-state index contributed by atoms with van der Waals surface area (Å²) >= 11 is 4.26. The number of rotatable bonds is 1. The number of hydrogen-bond donors (Lipinski definition) is 1. The summed E-state index contributed by atoms with van der Waals surface area (Å²) in [5.41, 5.74) is 1.03. The fourth-order valence-electron chi connectivity index (χ4n) is 1.76. The Hall–Kier alpha value is -1.23. The highest BCUT2D eigenvalue weighted by atomic mass is 32.1. The van der Waals surface area contributed by atoms with Crippen LogP contribution < -0.4 is 5.56 Å². The molecule has 0 spiro atoms. The van der Waals surface area contributed by atoms with Gasteiger partial charge in [-0.1, -0.05) is 20.8 Å². The van der Waals surface area contributed by atoms with Gasteiger partial charge in [0.25, 0.3) is 5.56 Å². The van der Waals surface area contributed by atoms with E-state index in [9.17, 15) is 4.79 Å². The van der Waals surface area contributed by atoms with Gasteiger partial charge in [0.15, 0.2) is 0 Å². The van der Waals surface area contributed by atoms with Crippen molar-refractivity contribution in [3.8, 4) is 0 Å². The second kappa shape index (κ2) is 3.91. The topological polar surface area (TPSA) is 48.0 Å². The summed E-state index contributed by atoms with van der Waals surface area (Å²) in [6.07, 6.45) is 3.09. The zero-order valence-corrected chi connectivity index (χ0v) is 11.3. The first-order chi connectivity index (χ1) is 7.82. The van der Waals surface area contributed by atoms with Gasteiger partial charge in [0, 0.05) is 5.56 Å². The van der Waals surface area contributed by atoms with Crippen LogP contribution in [0.15, 0.2) is 21.8 Å². The van der Waals surface area contributed by atoms with Crippen molar-refractivity contribution < 1.29 is 4.42 Å². The predicted molar refractivity (Wildman–Crippen MR) is 70.7 cm³/mol. The molecule has 2 aromatic rings. The van der Waals surface area contributed by atoms with Crippen LogP contribution in [0.25, 0.3) is 11.1 Å². The molecule has 0 aliphatic carbocycles. The van der Waals surface area contributed by atoms with E-state index in [-0.39, 0.29) is 16.3 Å². The van der Waals surface area contributed by atoms with E-state index in [0.717, 1.165) is 5.56 Å². The van der Waals surface area contributed by atoms with E-state index in [2.05, 4.69) is 17.6 Å². The van der Waals surface area contributed by atoms with E-state index in [1.54, 1.807) is 6.26 Å². The summed E-state index contributed by atoms with van der Waals surface area (Å²) in [4.78, 5) is 16.5. The van der Waals surface area contributed by atoms with Crippen LogP contribution in [0.1, 0.15) is 38.6 Å². The van der Waals surface area contributed by atoms with Crippen molar-refractivity contribution in [3.05, 3.63) is 28.5 Å². The first-order valence-corrected chi connectivity index (χ1v) is 6.01. The third-order valence-electron chi connectivity index (χ3n) is 2.73. The quantitative estimate of drug-likeness (QED) is 0.794. The average Bonchev–Trinajstić information content (AvgIpc) is 2.61. The Morgan fingerprint density at radius 1 is 1.47 bits per heavy atom. The first-order valence-electron chi connectivity index (χ1n) is 5.49. The lowest BCUT2D eigenvalue weighted by molar-refractivity contribution is 0.553. The summed E-state index contributed by atoms with van der Waals surface area (Å²) in [5.74, 6) is 0. The molecule has 0 bridgehead atoms. The molecule has 0 amide bonds. The molecule has 1 atom stereocenters. The van der Waals surface area contributed by atoms with Gasteiger partial charge in [-0.25, -0.2) is 4.98 Å². The van der Waals surface area contributed by atoms with E-state index in [0.29, 0.717) is 11.1 Å². The van der Waals surface area contributed by atoms with Gasteiger partial charge >= 0.3 is 0 Å². The molecule has 2 rings (SSSR count). The first kappa shape index (κ1) is 12.2. The Balaban J connectivity index is 2.83. The van der Waals surface area contributed by atoms with Gasteiger partial charge in [0.2, 0.25) is 5.71 Å². The lowest BCUT2D eigenvalue weighted by atomic mass is 9.87. The van der Waals surface area contributed by atoms with Crippen molar-refractivity contribution in [2.24, 2.45) is 0 Å². The van der Waals surface area contributed by atoms with Gasteiger partial charge < -0.3 is 4.42 Å². The fraction of sp³-hybridized carbons (Fsp3) is 0.500. The van der Waals surface area contributed by atoms with Crippen molar-refractivity contribution in [2.75, 3.05) is 0 Å². The van der Waals surface area contributed by atoms with Crippen LogP contribution in [0, 0.1) is 0 Å². The van der Waals surface area contributed by atoms with E-state index in [1.807, 2.05) is 27.7 Å². The molecular formula is C12H16N2O2S. The highest BCUT2D eigenvalue weighted by molar-refractivity contribution is 7.80. The summed E-state index contributed by atoms with van der Waals surface area (Å²) in [5, 5.41) is 0.350. The van der Waals surface area contributed by atoms with Gasteiger partial charge in [0.05, 0.1) is 11.6 Å².